The van der Waals surface area contributed by atoms with Crippen LogP contribution in [0.5, 0.6) is 0 Å². The average molecular weight is 206 g/mol. The third-order valence-corrected chi connectivity index (χ3v) is 1.88. The van der Waals surface area contributed by atoms with E-state index in [1.807, 2.05) is 19.2 Å². The van der Waals surface area contributed by atoms with Gasteiger partial charge < -0.3 is 10.4 Å². The fraction of sp³-hybridized carbons (Fsp3) is 0.273. The minimum Gasteiger partial charge on any atom is -0.477 e. The first kappa shape index (κ1) is 11.4. The third-order valence-electron chi connectivity index (χ3n) is 1.88. The molecule has 0 saturated carbocycles. The van der Waals surface area contributed by atoms with Crippen LogP contribution in [-0.4, -0.2) is 29.7 Å². The highest BCUT2D eigenvalue weighted by molar-refractivity contribution is 5.85. The van der Waals surface area contributed by atoms with Gasteiger partial charge in [0.25, 0.3) is 0 Å². The van der Waals surface area contributed by atoms with Gasteiger partial charge in [-0.1, -0.05) is 18.2 Å². The van der Waals surface area contributed by atoms with E-state index in [0.717, 1.165) is 18.5 Å². The normalized spacial score (nSPS) is 10.7. The van der Waals surface area contributed by atoms with Crippen LogP contribution in [-0.2, 0) is 0 Å². The molecule has 15 heavy (non-hydrogen) atoms. The fourth-order valence-corrected chi connectivity index (χ4v) is 1.08. The first-order chi connectivity index (χ1) is 7.24. The van der Waals surface area contributed by atoms with Crippen molar-refractivity contribution in [2.24, 2.45) is 0 Å². The van der Waals surface area contributed by atoms with E-state index in [4.69, 9.17) is 5.11 Å². The van der Waals surface area contributed by atoms with Crippen LogP contribution < -0.4 is 5.32 Å². The number of carboxylic acids is 1. The Hall–Kier alpha value is -1.68. The Balaban J connectivity index is 2.56. The lowest BCUT2D eigenvalue weighted by Gasteiger charge is -1.95. The Morgan fingerprint density at radius 2 is 2.40 bits per heavy atom. The molecule has 1 rings (SSSR count). The number of aromatic nitrogens is 1. The Labute approximate surface area is 88.7 Å². The van der Waals surface area contributed by atoms with Gasteiger partial charge in [-0.2, -0.15) is 0 Å². The van der Waals surface area contributed by atoms with E-state index in [0.29, 0.717) is 0 Å². The lowest BCUT2D eigenvalue weighted by atomic mass is 10.2. The van der Waals surface area contributed by atoms with Crippen molar-refractivity contribution in [2.75, 3.05) is 13.6 Å². The topological polar surface area (TPSA) is 62.2 Å². The van der Waals surface area contributed by atoms with Crippen molar-refractivity contribution in [3.8, 4) is 0 Å². The largest absolute Gasteiger partial charge is 0.477 e. The first-order valence-electron chi connectivity index (χ1n) is 4.74. The molecule has 1 heterocycles. The minimum absolute atomic E-state index is 0.0716. The van der Waals surface area contributed by atoms with Gasteiger partial charge in [0, 0.05) is 6.20 Å². The maximum atomic E-state index is 10.5. The number of nitrogens with one attached hydrogen (secondary N) is 1. The van der Waals surface area contributed by atoms with Gasteiger partial charge in [0.05, 0.1) is 0 Å². The van der Waals surface area contributed by atoms with Crippen molar-refractivity contribution in [3.05, 3.63) is 35.7 Å². The zero-order valence-electron chi connectivity index (χ0n) is 8.60. The lowest BCUT2D eigenvalue weighted by Crippen LogP contribution is -2.05. The SMILES string of the molecule is CNCCC=Cc1ccc(C(=O)O)nc1. The summed E-state index contributed by atoms with van der Waals surface area (Å²) in [4.78, 5) is 14.3. The summed E-state index contributed by atoms with van der Waals surface area (Å²) in [5, 5.41) is 11.7. The highest BCUT2D eigenvalue weighted by Crippen LogP contribution is 2.03. The number of hydrogen-bond donors (Lipinski definition) is 2. The van der Waals surface area contributed by atoms with Crippen molar-refractivity contribution in [1.82, 2.24) is 10.3 Å². The molecule has 0 amide bonds. The van der Waals surface area contributed by atoms with Gasteiger partial charge in [0.2, 0.25) is 0 Å². The summed E-state index contributed by atoms with van der Waals surface area (Å²) < 4.78 is 0. The number of carboxylic acid groups (broad SMARTS) is 1. The van der Waals surface area contributed by atoms with Crippen molar-refractivity contribution in [1.29, 1.82) is 0 Å². The second kappa shape index (κ2) is 5.93. The molecule has 0 aliphatic heterocycles. The minimum atomic E-state index is -0.999. The Morgan fingerprint density at radius 3 is 2.93 bits per heavy atom. The quantitative estimate of drug-likeness (QED) is 0.715. The second-order valence-corrected chi connectivity index (χ2v) is 3.08. The molecule has 0 fully saturated rings. The van der Waals surface area contributed by atoms with Crippen LogP contribution in [0.25, 0.3) is 6.08 Å². The summed E-state index contributed by atoms with van der Waals surface area (Å²) in [5.74, 6) is -0.999. The van der Waals surface area contributed by atoms with Crippen LogP contribution in [0.2, 0.25) is 0 Å². The number of rotatable bonds is 5. The maximum absolute atomic E-state index is 10.5. The molecular formula is C11H14N2O2. The molecule has 2 N–H and O–H groups in total. The Morgan fingerprint density at radius 1 is 1.60 bits per heavy atom. The molecule has 4 nitrogen and oxygen atoms in total. The molecule has 0 unspecified atom stereocenters. The monoisotopic (exact) mass is 206 g/mol. The smallest absolute Gasteiger partial charge is 0.354 e. The number of nitrogens with zero attached hydrogens (tertiary/aromatic N) is 1. The Bertz CT molecular complexity index is 344. The van der Waals surface area contributed by atoms with E-state index in [-0.39, 0.29) is 5.69 Å². The number of carbonyl (C=O) groups is 1. The van der Waals surface area contributed by atoms with Gasteiger partial charge >= 0.3 is 5.97 Å². The van der Waals surface area contributed by atoms with Crippen molar-refractivity contribution < 1.29 is 9.90 Å². The van der Waals surface area contributed by atoms with Crippen LogP contribution in [0.15, 0.2) is 24.4 Å². The molecular weight excluding hydrogens is 192 g/mol. The molecule has 0 atom stereocenters. The summed E-state index contributed by atoms with van der Waals surface area (Å²) in [6.07, 6.45) is 6.44. The van der Waals surface area contributed by atoms with Crippen LogP contribution >= 0.6 is 0 Å². The van der Waals surface area contributed by atoms with Gasteiger partial charge in [-0.05, 0) is 31.6 Å². The summed E-state index contributed by atoms with van der Waals surface area (Å²) in [7, 11) is 1.90. The molecule has 1 aromatic heterocycles. The fourth-order valence-electron chi connectivity index (χ4n) is 1.08. The maximum Gasteiger partial charge on any atom is 0.354 e. The zero-order chi connectivity index (χ0) is 11.1. The van der Waals surface area contributed by atoms with E-state index in [2.05, 4.69) is 10.3 Å². The van der Waals surface area contributed by atoms with Crippen LogP contribution in [0.4, 0.5) is 0 Å². The predicted octanol–water partition coefficient (Wildman–Crippen LogP) is 1.40. The Kier molecular flexibility index (Phi) is 4.50. The van der Waals surface area contributed by atoms with Crippen LogP contribution in [0.1, 0.15) is 22.5 Å². The van der Waals surface area contributed by atoms with E-state index in [1.54, 1.807) is 12.3 Å². The standard InChI is InChI=1S/C11H14N2O2/c1-12-7-3-2-4-9-5-6-10(11(14)15)13-8-9/h2,4-6,8,12H,3,7H2,1H3,(H,14,15). The molecule has 0 saturated heterocycles. The molecule has 0 aromatic carbocycles. The molecule has 0 radical (unpaired) electrons. The summed E-state index contributed by atoms with van der Waals surface area (Å²) >= 11 is 0. The van der Waals surface area contributed by atoms with Crippen LogP contribution in [0.3, 0.4) is 0 Å². The van der Waals surface area contributed by atoms with Crippen molar-refractivity contribution in [2.45, 2.75) is 6.42 Å². The molecule has 0 aliphatic carbocycles. The van der Waals surface area contributed by atoms with Crippen molar-refractivity contribution >= 4 is 12.0 Å². The molecule has 1 aromatic rings. The van der Waals surface area contributed by atoms with Crippen LogP contribution in [0, 0.1) is 0 Å². The summed E-state index contributed by atoms with van der Waals surface area (Å²) in [6.45, 7) is 0.928. The van der Waals surface area contributed by atoms with Gasteiger partial charge in [-0.25, -0.2) is 9.78 Å². The molecule has 0 spiro atoms. The summed E-state index contributed by atoms with van der Waals surface area (Å²) in [6, 6.07) is 3.24. The van der Waals surface area contributed by atoms with Gasteiger partial charge in [0.15, 0.2) is 0 Å². The third kappa shape index (κ3) is 3.91. The molecule has 80 valence electrons. The van der Waals surface area contributed by atoms with Gasteiger partial charge in [-0.3, -0.25) is 0 Å². The molecule has 4 heteroatoms. The first-order valence-corrected chi connectivity index (χ1v) is 4.74. The number of aromatic carboxylic acids is 1. The van der Waals surface area contributed by atoms with Gasteiger partial charge in [0.1, 0.15) is 5.69 Å². The van der Waals surface area contributed by atoms with E-state index < -0.39 is 5.97 Å². The highest BCUT2D eigenvalue weighted by Gasteiger charge is 2.01. The number of pyridine rings is 1. The zero-order valence-corrected chi connectivity index (χ0v) is 8.60. The average Bonchev–Trinajstić information content (AvgIpc) is 2.25. The molecule has 0 bridgehead atoms. The summed E-state index contributed by atoms with van der Waals surface area (Å²) in [5.41, 5.74) is 0.985. The predicted molar refractivity (Wildman–Crippen MR) is 58.8 cm³/mol. The van der Waals surface area contributed by atoms with E-state index in [9.17, 15) is 4.79 Å². The second-order valence-electron chi connectivity index (χ2n) is 3.08. The van der Waals surface area contributed by atoms with Crippen molar-refractivity contribution in [3.63, 3.8) is 0 Å². The van der Waals surface area contributed by atoms with E-state index >= 15 is 0 Å². The molecule has 0 aliphatic rings. The van der Waals surface area contributed by atoms with Gasteiger partial charge in [-0.15, -0.1) is 0 Å². The highest BCUT2D eigenvalue weighted by atomic mass is 16.4. The van der Waals surface area contributed by atoms with E-state index in [1.165, 1.54) is 6.07 Å². The number of hydrogen-bond acceptors (Lipinski definition) is 3. The lowest BCUT2D eigenvalue weighted by molar-refractivity contribution is 0.0690.